The van der Waals surface area contributed by atoms with E-state index < -0.39 is 0 Å². The maximum absolute atomic E-state index is 4.44. The van der Waals surface area contributed by atoms with Crippen molar-refractivity contribution in [3.63, 3.8) is 0 Å². The Bertz CT molecular complexity index is 502. The number of nitrogens with zero attached hydrogens (tertiary/aromatic N) is 4. The van der Waals surface area contributed by atoms with Gasteiger partial charge in [0.25, 0.3) is 0 Å². The third kappa shape index (κ3) is 3.29. The Morgan fingerprint density at radius 2 is 2.22 bits per heavy atom. The molecule has 18 heavy (non-hydrogen) atoms. The summed E-state index contributed by atoms with van der Waals surface area (Å²) in [5.41, 5.74) is 2.30. The molecule has 0 aliphatic rings. The Morgan fingerprint density at radius 1 is 1.39 bits per heavy atom. The van der Waals surface area contributed by atoms with Gasteiger partial charge in [0.15, 0.2) is 0 Å². The molecular weight excluding hydrogens is 246 g/mol. The first-order valence-corrected chi connectivity index (χ1v) is 7.04. The predicted octanol–water partition coefficient (Wildman–Crippen LogP) is 2.42. The molecule has 0 radical (unpaired) electrons. The zero-order valence-electron chi connectivity index (χ0n) is 11.1. The summed E-state index contributed by atoms with van der Waals surface area (Å²) in [6.07, 6.45) is 1.92. The summed E-state index contributed by atoms with van der Waals surface area (Å²) >= 11 is 1.43. The minimum Gasteiger partial charge on any atom is -0.360 e. The molecule has 0 bridgehead atoms. The molecule has 98 valence electrons. The fourth-order valence-corrected chi connectivity index (χ4v) is 2.47. The Hall–Kier alpha value is -1.43. The number of aromatic nitrogens is 4. The molecule has 2 rings (SSSR count). The van der Waals surface area contributed by atoms with E-state index in [0.717, 1.165) is 42.6 Å². The molecule has 0 saturated carbocycles. The van der Waals surface area contributed by atoms with Crippen LogP contribution in [0.4, 0.5) is 5.13 Å². The maximum Gasteiger partial charge on any atom is 0.202 e. The smallest absolute Gasteiger partial charge is 0.202 e. The summed E-state index contributed by atoms with van der Waals surface area (Å²) in [7, 11) is 0. The second kappa shape index (κ2) is 5.95. The zero-order valence-corrected chi connectivity index (χ0v) is 11.9. The van der Waals surface area contributed by atoms with Crippen LogP contribution < -0.4 is 5.32 Å². The van der Waals surface area contributed by atoms with E-state index in [-0.39, 0.29) is 0 Å². The van der Waals surface area contributed by atoms with Crippen LogP contribution in [0.2, 0.25) is 0 Å². The van der Waals surface area contributed by atoms with Crippen molar-refractivity contribution < 1.29 is 0 Å². The molecule has 1 N–H and O–H groups in total. The molecule has 0 amide bonds. The molecular formula is C12H19N5S. The molecule has 6 heteroatoms. The molecule has 0 spiro atoms. The highest BCUT2D eigenvalue weighted by Crippen LogP contribution is 2.11. The summed E-state index contributed by atoms with van der Waals surface area (Å²) in [6, 6.07) is 2.10. The minimum absolute atomic E-state index is 0.893. The van der Waals surface area contributed by atoms with Gasteiger partial charge in [-0.05, 0) is 26.3 Å². The van der Waals surface area contributed by atoms with Crippen LogP contribution >= 0.6 is 11.5 Å². The lowest BCUT2D eigenvalue weighted by molar-refractivity contribution is 0.573. The molecule has 0 unspecified atom stereocenters. The van der Waals surface area contributed by atoms with Crippen molar-refractivity contribution in [1.82, 2.24) is 19.1 Å². The lowest BCUT2D eigenvalue weighted by Crippen LogP contribution is -2.08. The van der Waals surface area contributed by atoms with E-state index in [0.29, 0.717) is 0 Å². The van der Waals surface area contributed by atoms with Gasteiger partial charge in [-0.25, -0.2) is 4.98 Å². The first-order valence-electron chi connectivity index (χ1n) is 6.26. The Kier molecular flexibility index (Phi) is 4.30. The van der Waals surface area contributed by atoms with Gasteiger partial charge in [-0.1, -0.05) is 6.92 Å². The van der Waals surface area contributed by atoms with Crippen LogP contribution in [-0.2, 0) is 13.0 Å². The molecule has 0 saturated heterocycles. The highest BCUT2D eigenvalue weighted by molar-refractivity contribution is 7.09. The van der Waals surface area contributed by atoms with Crippen LogP contribution in [0.1, 0.15) is 30.6 Å². The molecule has 2 heterocycles. The molecule has 0 fully saturated rings. The lowest BCUT2D eigenvalue weighted by atomic mass is 10.4. The highest BCUT2D eigenvalue weighted by Gasteiger charge is 2.02. The van der Waals surface area contributed by atoms with Gasteiger partial charge in [0.05, 0.1) is 5.69 Å². The van der Waals surface area contributed by atoms with Crippen molar-refractivity contribution in [1.29, 1.82) is 0 Å². The SMILES string of the molecule is CCc1nsc(NCCCn2nc(C)cc2C)n1. The standard InChI is InChI=1S/C12H19N5S/c1-4-11-14-12(18-16-11)13-6-5-7-17-10(3)8-9(2)15-17/h8H,4-7H2,1-3H3,(H,13,14,16). The van der Waals surface area contributed by atoms with Crippen molar-refractivity contribution in [3.8, 4) is 0 Å². The van der Waals surface area contributed by atoms with Gasteiger partial charge < -0.3 is 5.32 Å². The van der Waals surface area contributed by atoms with Crippen molar-refractivity contribution in [2.24, 2.45) is 0 Å². The number of nitrogens with one attached hydrogen (secondary N) is 1. The lowest BCUT2D eigenvalue weighted by Gasteiger charge is -2.04. The summed E-state index contributed by atoms with van der Waals surface area (Å²) in [5.74, 6) is 0.918. The van der Waals surface area contributed by atoms with Gasteiger partial charge in [0.1, 0.15) is 5.82 Å². The number of hydrogen-bond donors (Lipinski definition) is 1. The second-order valence-corrected chi connectivity index (χ2v) is 5.05. The van der Waals surface area contributed by atoms with E-state index in [1.807, 2.05) is 6.92 Å². The summed E-state index contributed by atoms with van der Waals surface area (Å²) < 4.78 is 6.29. The van der Waals surface area contributed by atoms with Gasteiger partial charge in [-0.15, -0.1) is 0 Å². The molecule has 2 aromatic rings. The van der Waals surface area contributed by atoms with Crippen molar-refractivity contribution in [3.05, 3.63) is 23.3 Å². The summed E-state index contributed by atoms with van der Waals surface area (Å²) in [6.45, 7) is 8.01. The molecule has 0 aromatic carbocycles. The first-order chi connectivity index (χ1) is 8.69. The van der Waals surface area contributed by atoms with Crippen LogP contribution in [0, 0.1) is 13.8 Å². The molecule has 0 aliphatic heterocycles. The second-order valence-electron chi connectivity index (χ2n) is 4.30. The molecule has 0 atom stereocenters. The van der Waals surface area contributed by atoms with E-state index in [9.17, 15) is 0 Å². The summed E-state index contributed by atoms with van der Waals surface area (Å²) in [4.78, 5) is 4.37. The fraction of sp³-hybridized carbons (Fsp3) is 0.583. The Labute approximate surface area is 111 Å². The van der Waals surface area contributed by atoms with Crippen molar-refractivity contribution >= 4 is 16.7 Å². The third-order valence-electron chi connectivity index (χ3n) is 2.71. The fourth-order valence-electron chi connectivity index (χ4n) is 1.79. The van der Waals surface area contributed by atoms with Crippen molar-refractivity contribution in [2.45, 2.75) is 40.2 Å². The average molecular weight is 265 g/mol. The Balaban J connectivity index is 1.74. The van der Waals surface area contributed by atoms with Crippen molar-refractivity contribution in [2.75, 3.05) is 11.9 Å². The minimum atomic E-state index is 0.893. The normalized spacial score (nSPS) is 10.8. The van der Waals surface area contributed by atoms with Gasteiger partial charge in [-0.3, -0.25) is 4.68 Å². The highest BCUT2D eigenvalue weighted by atomic mass is 32.1. The van der Waals surface area contributed by atoms with Crippen LogP contribution in [-0.4, -0.2) is 25.7 Å². The number of rotatable bonds is 6. The van der Waals surface area contributed by atoms with Gasteiger partial charge in [-0.2, -0.15) is 9.47 Å². The maximum atomic E-state index is 4.44. The average Bonchev–Trinajstić information content (AvgIpc) is 2.92. The van der Waals surface area contributed by atoms with E-state index in [2.05, 4.69) is 44.4 Å². The van der Waals surface area contributed by atoms with E-state index in [4.69, 9.17) is 0 Å². The van der Waals surface area contributed by atoms with Crippen LogP contribution in [0.25, 0.3) is 0 Å². The monoisotopic (exact) mass is 265 g/mol. The summed E-state index contributed by atoms with van der Waals surface area (Å²) in [5, 5.41) is 8.65. The van der Waals surface area contributed by atoms with E-state index in [1.54, 1.807) is 0 Å². The quantitative estimate of drug-likeness (QED) is 0.815. The Morgan fingerprint density at radius 3 is 2.83 bits per heavy atom. The first kappa shape index (κ1) is 13.0. The number of aryl methyl sites for hydroxylation is 4. The van der Waals surface area contributed by atoms with Gasteiger partial charge in [0.2, 0.25) is 5.13 Å². The van der Waals surface area contributed by atoms with Gasteiger partial charge in [0, 0.05) is 36.7 Å². The van der Waals surface area contributed by atoms with Gasteiger partial charge >= 0.3 is 0 Å². The molecule has 0 aliphatic carbocycles. The van der Waals surface area contributed by atoms with Crippen LogP contribution in [0.3, 0.4) is 0 Å². The third-order valence-corrected chi connectivity index (χ3v) is 3.42. The number of hydrogen-bond acceptors (Lipinski definition) is 5. The molecule has 5 nitrogen and oxygen atoms in total. The van der Waals surface area contributed by atoms with Crippen LogP contribution in [0.15, 0.2) is 6.07 Å². The zero-order chi connectivity index (χ0) is 13.0. The number of anilines is 1. The topological polar surface area (TPSA) is 55.6 Å². The predicted molar refractivity (Wildman–Crippen MR) is 74.1 cm³/mol. The largest absolute Gasteiger partial charge is 0.360 e. The van der Waals surface area contributed by atoms with E-state index >= 15 is 0 Å². The van der Waals surface area contributed by atoms with E-state index in [1.165, 1.54) is 17.2 Å². The van der Waals surface area contributed by atoms with Crippen LogP contribution in [0.5, 0.6) is 0 Å². The molecule has 2 aromatic heterocycles.